The third-order valence-corrected chi connectivity index (χ3v) is 2.76. The monoisotopic (exact) mass is 200 g/mol. The average molecular weight is 200 g/mol. The lowest BCUT2D eigenvalue weighted by molar-refractivity contribution is 0.0952. The smallest absolute Gasteiger partial charge is 0.270 e. The molecule has 0 saturated carbocycles. The Balaban J connectivity index is 0.00000169. The second-order valence-electron chi connectivity index (χ2n) is 3.13. The van der Waals surface area contributed by atoms with E-state index in [4.69, 9.17) is 0 Å². The van der Waals surface area contributed by atoms with Crippen molar-refractivity contribution in [2.45, 2.75) is 26.7 Å². The number of aromatic nitrogens is 1. The van der Waals surface area contributed by atoms with Gasteiger partial charge in [-0.25, -0.2) is 0 Å². The van der Waals surface area contributed by atoms with Crippen LogP contribution in [0.5, 0.6) is 0 Å². The lowest BCUT2D eigenvalue weighted by Gasteiger charge is -1.97. The van der Waals surface area contributed by atoms with Crippen LogP contribution in [0.25, 0.3) is 0 Å². The van der Waals surface area contributed by atoms with Crippen LogP contribution >= 0.6 is 11.5 Å². The van der Waals surface area contributed by atoms with Crippen molar-refractivity contribution in [3.05, 3.63) is 16.6 Å². The summed E-state index contributed by atoms with van der Waals surface area (Å²) in [5.74, 6) is 0.367. The summed E-state index contributed by atoms with van der Waals surface area (Å²) in [4.78, 5) is 12.5. The maximum Gasteiger partial charge on any atom is 0.270 e. The highest BCUT2D eigenvalue weighted by Gasteiger charge is 2.10. The van der Waals surface area contributed by atoms with Gasteiger partial charge in [0, 0.05) is 12.8 Å². The van der Waals surface area contributed by atoms with E-state index in [2.05, 4.69) is 23.5 Å². The molecule has 1 rings (SSSR count). The van der Waals surface area contributed by atoms with Crippen LogP contribution in [0.4, 0.5) is 0 Å². The summed E-state index contributed by atoms with van der Waals surface area (Å²) >= 11 is 1.40. The van der Waals surface area contributed by atoms with Crippen molar-refractivity contribution < 1.29 is 6.22 Å². The topological polar surface area (TPSA) is 42.0 Å². The number of rotatable bonds is 3. The molecule has 0 aliphatic heterocycles. The van der Waals surface area contributed by atoms with E-state index in [1.807, 2.05) is 13.0 Å². The first-order valence-electron chi connectivity index (χ1n) is 4.40. The van der Waals surface area contributed by atoms with Crippen LogP contribution in [0.3, 0.4) is 0 Å². The third kappa shape index (κ3) is 2.52. The zero-order valence-electron chi connectivity index (χ0n) is 8.13. The molecule has 1 amide bonds. The Labute approximate surface area is 83.8 Å². The van der Waals surface area contributed by atoms with Gasteiger partial charge in [-0.1, -0.05) is 13.8 Å². The Morgan fingerprint density at radius 2 is 2.46 bits per heavy atom. The molecule has 13 heavy (non-hydrogen) atoms. The zero-order valence-corrected chi connectivity index (χ0v) is 8.94. The van der Waals surface area contributed by atoms with Gasteiger partial charge in [0.2, 0.25) is 0 Å². The van der Waals surface area contributed by atoms with Gasteiger partial charge < -0.3 is 5.32 Å². The van der Waals surface area contributed by atoms with E-state index in [0.717, 1.165) is 4.88 Å². The summed E-state index contributed by atoms with van der Waals surface area (Å²) in [5, 5.41) is 2.72. The lowest BCUT2D eigenvalue weighted by atomic mass is 10.2. The summed E-state index contributed by atoms with van der Waals surface area (Å²) in [5.41, 5.74) is 0.538. The Hall–Kier alpha value is -0.900. The minimum absolute atomic E-state index is 0. The minimum atomic E-state index is -0.0781. The fourth-order valence-corrected chi connectivity index (χ4v) is 1.63. The van der Waals surface area contributed by atoms with Crippen molar-refractivity contribution in [2.75, 3.05) is 6.54 Å². The third-order valence-electron chi connectivity index (χ3n) is 1.67. The SMILES string of the molecule is CCNC(=O)c1cc(C(C)C)sn1.[HH]. The summed E-state index contributed by atoms with van der Waals surface area (Å²) in [6.07, 6.45) is 0. The van der Waals surface area contributed by atoms with E-state index in [0.29, 0.717) is 18.2 Å². The van der Waals surface area contributed by atoms with E-state index in [1.165, 1.54) is 11.5 Å². The second kappa shape index (κ2) is 4.37. The molecule has 1 N–H and O–H groups in total. The standard InChI is InChI=1S/C9H14N2OS.H2/c1-4-10-9(12)7-5-8(6(2)3)13-11-7;/h5-6H,4H2,1-3H3,(H,10,12);1H. The molecule has 0 aromatic carbocycles. The minimum Gasteiger partial charge on any atom is -0.351 e. The molecule has 0 aliphatic carbocycles. The van der Waals surface area contributed by atoms with Gasteiger partial charge in [-0.15, -0.1) is 0 Å². The van der Waals surface area contributed by atoms with Crippen molar-refractivity contribution in [3.8, 4) is 0 Å². The van der Waals surface area contributed by atoms with Crippen LogP contribution in [0.15, 0.2) is 6.07 Å². The van der Waals surface area contributed by atoms with Crippen LogP contribution in [0.2, 0.25) is 0 Å². The molecule has 0 radical (unpaired) electrons. The van der Waals surface area contributed by atoms with Crippen molar-refractivity contribution in [2.24, 2.45) is 0 Å². The van der Waals surface area contributed by atoms with E-state index in [9.17, 15) is 4.79 Å². The first-order chi connectivity index (χ1) is 6.15. The van der Waals surface area contributed by atoms with E-state index >= 15 is 0 Å². The van der Waals surface area contributed by atoms with Gasteiger partial charge in [0.1, 0.15) is 5.69 Å². The van der Waals surface area contributed by atoms with Crippen LogP contribution in [0, 0.1) is 0 Å². The largest absolute Gasteiger partial charge is 0.351 e. The summed E-state index contributed by atoms with van der Waals surface area (Å²) in [6, 6.07) is 1.86. The normalized spacial score (nSPS) is 10.5. The summed E-state index contributed by atoms with van der Waals surface area (Å²) < 4.78 is 4.09. The average Bonchev–Trinajstić information content (AvgIpc) is 2.52. The molecule has 1 aromatic heterocycles. The van der Waals surface area contributed by atoms with Gasteiger partial charge in [0.05, 0.1) is 0 Å². The predicted molar refractivity (Wildman–Crippen MR) is 56.3 cm³/mol. The molecule has 0 aliphatic rings. The summed E-state index contributed by atoms with van der Waals surface area (Å²) in [6.45, 7) is 6.73. The second-order valence-corrected chi connectivity index (χ2v) is 3.97. The Morgan fingerprint density at radius 3 is 2.92 bits per heavy atom. The zero-order chi connectivity index (χ0) is 9.84. The number of hydrogen-bond donors (Lipinski definition) is 1. The fourth-order valence-electron chi connectivity index (χ4n) is 0.920. The van der Waals surface area contributed by atoms with Gasteiger partial charge in [0.25, 0.3) is 5.91 Å². The Kier molecular flexibility index (Phi) is 3.42. The number of nitrogens with zero attached hydrogens (tertiary/aromatic N) is 1. The molecule has 0 bridgehead atoms. The maximum absolute atomic E-state index is 11.3. The predicted octanol–water partition coefficient (Wildman–Crippen LogP) is 2.26. The first-order valence-corrected chi connectivity index (χ1v) is 5.17. The molecular formula is C9H16N2OS. The van der Waals surface area contributed by atoms with Crippen LogP contribution < -0.4 is 5.32 Å². The molecular weight excluding hydrogens is 184 g/mol. The van der Waals surface area contributed by atoms with Crippen LogP contribution in [-0.4, -0.2) is 16.8 Å². The van der Waals surface area contributed by atoms with Gasteiger partial charge in [-0.2, -0.15) is 4.37 Å². The van der Waals surface area contributed by atoms with E-state index in [1.54, 1.807) is 0 Å². The van der Waals surface area contributed by atoms with E-state index in [-0.39, 0.29) is 7.33 Å². The molecule has 1 aromatic rings. The van der Waals surface area contributed by atoms with Crippen LogP contribution in [-0.2, 0) is 0 Å². The van der Waals surface area contributed by atoms with E-state index < -0.39 is 0 Å². The first kappa shape index (κ1) is 10.2. The summed E-state index contributed by atoms with van der Waals surface area (Å²) in [7, 11) is 0. The van der Waals surface area contributed by atoms with Gasteiger partial charge in [-0.05, 0) is 30.4 Å². The molecule has 74 valence electrons. The number of hydrogen-bond acceptors (Lipinski definition) is 3. The maximum atomic E-state index is 11.3. The molecule has 1 heterocycles. The van der Waals surface area contributed by atoms with Crippen molar-refractivity contribution >= 4 is 17.4 Å². The fraction of sp³-hybridized carbons (Fsp3) is 0.556. The molecule has 0 fully saturated rings. The number of carbonyl (C=O) groups excluding carboxylic acids is 1. The Morgan fingerprint density at radius 1 is 1.77 bits per heavy atom. The van der Waals surface area contributed by atoms with Crippen molar-refractivity contribution in [1.29, 1.82) is 0 Å². The molecule has 0 unspecified atom stereocenters. The van der Waals surface area contributed by atoms with Crippen LogP contribution in [0.1, 0.15) is 43.5 Å². The quantitative estimate of drug-likeness (QED) is 0.813. The lowest BCUT2D eigenvalue weighted by Crippen LogP contribution is -2.22. The number of nitrogens with one attached hydrogen (secondary N) is 1. The van der Waals surface area contributed by atoms with Gasteiger partial charge in [0.15, 0.2) is 0 Å². The van der Waals surface area contributed by atoms with Crippen molar-refractivity contribution in [3.63, 3.8) is 0 Å². The van der Waals surface area contributed by atoms with Gasteiger partial charge in [-0.3, -0.25) is 4.79 Å². The molecule has 0 spiro atoms. The number of carbonyl (C=O) groups is 1. The highest BCUT2D eigenvalue weighted by Crippen LogP contribution is 2.19. The molecule has 0 atom stereocenters. The molecule has 0 saturated heterocycles. The highest BCUT2D eigenvalue weighted by atomic mass is 32.1. The number of amides is 1. The van der Waals surface area contributed by atoms with Gasteiger partial charge >= 0.3 is 0 Å². The van der Waals surface area contributed by atoms with Crippen molar-refractivity contribution in [1.82, 2.24) is 9.69 Å². The molecule has 4 heteroatoms. The molecule has 3 nitrogen and oxygen atoms in total. The Bertz CT molecular complexity index is 299. The highest BCUT2D eigenvalue weighted by molar-refractivity contribution is 7.06.